The minimum Gasteiger partial charge on any atom is -0.191 e. The number of nitrogens with zero attached hydrogens (tertiary/aromatic N) is 2. The van der Waals surface area contributed by atoms with Crippen LogP contribution in [0, 0.1) is 0 Å². The quantitative estimate of drug-likeness (QED) is 0.545. The van der Waals surface area contributed by atoms with E-state index < -0.39 is 0 Å². The topological polar surface area (TPSA) is 24.7 Å². The standard InChI is InChI=1S/C9H20N2/c1-5-6-7-9(4)11-10-8(2)3/h8-9H,5-7H2,1-4H3. The van der Waals surface area contributed by atoms with Crippen LogP contribution < -0.4 is 0 Å². The van der Waals surface area contributed by atoms with E-state index in [1.165, 1.54) is 19.3 Å². The molecule has 0 radical (unpaired) electrons. The molecule has 0 spiro atoms. The molecule has 0 aromatic heterocycles. The second kappa shape index (κ2) is 6.32. The Bertz CT molecular complexity index is 108. The first-order valence-corrected chi connectivity index (χ1v) is 4.56. The van der Waals surface area contributed by atoms with E-state index >= 15 is 0 Å². The van der Waals surface area contributed by atoms with Crippen molar-refractivity contribution in [1.29, 1.82) is 0 Å². The highest BCUT2D eigenvalue weighted by Gasteiger charge is 1.97. The summed E-state index contributed by atoms with van der Waals surface area (Å²) >= 11 is 0. The SMILES string of the molecule is CCCCC(C)N=NC(C)C. The van der Waals surface area contributed by atoms with Crippen molar-refractivity contribution in [3.63, 3.8) is 0 Å². The zero-order valence-electron chi connectivity index (χ0n) is 8.17. The molecule has 0 aromatic carbocycles. The average Bonchev–Trinajstić information content (AvgIpc) is 1.97. The lowest BCUT2D eigenvalue weighted by atomic mass is 10.2. The van der Waals surface area contributed by atoms with Crippen molar-refractivity contribution in [3.8, 4) is 0 Å². The zero-order chi connectivity index (χ0) is 8.69. The molecule has 2 heteroatoms. The Kier molecular flexibility index (Phi) is 6.09. The fraction of sp³-hybridized carbons (Fsp3) is 1.00. The fourth-order valence-corrected chi connectivity index (χ4v) is 0.804. The molecule has 1 atom stereocenters. The van der Waals surface area contributed by atoms with Crippen LogP contribution in [0.25, 0.3) is 0 Å². The van der Waals surface area contributed by atoms with Gasteiger partial charge in [0.15, 0.2) is 0 Å². The Morgan fingerprint density at radius 1 is 1.09 bits per heavy atom. The summed E-state index contributed by atoms with van der Waals surface area (Å²) in [5.41, 5.74) is 0. The molecule has 0 bridgehead atoms. The van der Waals surface area contributed by atoms with E-state index in [-0.39, 0.29) is 0 Å². The van der Waals surface area contributed by atoms with Gasteiger partial charge in [-0.05, 0) is 27.2 Å². The van der Waals surface area contributed by atoms with Gasteiger partial charge >= 0.3 is 0 Å². The van der Waals surface area contributed by atoms with Gasteiger partial charge in [0.05, 0.1) is 12.1 Å². The number of azo groups is 1. The Hall–Kier alpha value is -0.400. The largest absolute Gasteiger partial charge is 0.191 e. The second-order valence-electron chi connectivity index (χ2n) is 3.32. The lowest BCUT2D eigenvalue weighted by Crippen LogP contribution is -1.97. The molecule has 0 rings (SSSR count). The van der Waals surface area contributed by atoms with Gasteiger partial charge in [-0.1, -0.05) is 19.8 Å². The van der Waals surface area contributed by atoms with Gasteiger partial charge in [0.1, 0.15) is 0 Å². The first kappa shape index (κ1) is 10.6. The van der Waals surface area contributed by atoms with Gasteiger partial charge in [-0.15, -0.1) is 0 Å². The van der Waals surface area contributed by atoms with Gasteiger partial charge in [0.2, 0.25) is 0 Å². The van der Waals surface area contributed by atoms with E-state index in [1.54, 1.807) is 0 Å². The van der Waals surface area contributed by atoms with Crippen LogP contribution in [0.3, 0.4) is 0 Å². The Morgan fingerprint density at radius 2 is 1.73 bits per heavy atom. The third-order valence-corrected chi connectivity index (χ3v) is 1.47. The van der Waals surface area contributed by atoms with Gasteiger partial charge in [-0.3, -0.25) is 0 Å². The molecule has 0 amide bonds. The van der Waals surface area contributed by atoms with Gasteiger partial charge in [0.25, 0.3) is 0 Å². The maximum Gasteiger partial charge on any atom is 0.0680 e. The minimum atomic E-state index is 0.346. The highest BCUT2D eigenvalue weighted by molar-refractivity contribution is 4.57. The average molecular weight is 156 g/mol. The zero-order valence-corrected chi connectivity index (χ0v) is 8.17. The van der Waals surface area contributed by atoms with Crippen LogP contribution in [0.2, 0.25) is 0 Å². The molecule has 0 aromatic rings. The Balaban J connectivity index is 3.42. The predicted octanol–water partition coefficient (Wildman–Crippen LogP) is 3.43. The second-order valence-corrected chi connectivity index (χ2v) is 3.32. The minimum absolute atomic E-state index is 0.346. The summed E-state index contributed by atoms with van der Waals surface area (Å²) in [7, 11) is 0. The van der Waals surface area contributed by atoms with E-state index in [9.17, 15) is 0 Å². The summed E-state index contributed by atoms with van der Waals surface area (Å²) < 4.78 is 0. The highest BCUT2D eigenvalue weighted by Crippen LogP contribution is 2.04. The summed E-state index contributed by atoms with van der Waals surface area (Å²) in [6.07, 6.45) is 3.69. The molecule has 0 aliphatic rings. The van der Waals surface area contributed by atoms with Crippen LogP contribution in [0.1, 0.15) is 47.0 Å². The van der Waals surface area contributed by atoms with Crippen LogP contribution >= 0.6 is 0 Å². The smallest absolute Gasteiger partial charge is 0.0680 e. The number of hydrogen-bond donors (Lipinski definition) is 0. The third kappa shape index (κ3) is 7.50. The summed E-state index contributed by atoms with van der Waals surface area (Å²) in [5, 5.41) is 8.29. The monoisotopic (exact) mass is 156 g/mol. The normalized spacial score (nSPS) is 14.6. The van der Waals surface area contributed by atoms with Crippen molar-refractivity contribution in [2.24, 2.45) is 10.2 Å². The van der Waals surface area contributed by atoms with Crippen LogP contribution in [0.15, 0.2) is 10.2 Å². The van der Waals surface area contributed by atoms with Crippen molar-refractivity contribution in [2.45, 2.75) is 59.0 Å². The molecular formula is C9H20N2. The van der Waals surface area contributed by atoms with Crippen LogP contribution in [-0.4, -0.2) is 12.1 Å². The molecule has 1 unspecified atom stereocenters. The fourth-order valence-electron chi connectivity index (χ4n) is 0.804. The third-order valence-electron chi connectivity index (χ3n) is 1.47. The highest BCUT2D eigenvalue weighted by atomic mass is 15.1. The molecule has 0 N–H and O–H groups in total. The molecule has 0 heterocycles. The van der Waals surface area contributed by atoms with E-state index in [0.29, 0.717) is 12.1 Å². The number of rotatable bonds is 5. The van der Waals surface area contributed by atoms with E-state index in [1.807, 2.05) is 0 Å². The lowest BCUT2D eigenvalue weighted by molar-refractivity contribution is 0.572. The number of unbranched alkanes of at least 4 members (excludes halogenated alkanes) is 1. The maximum absolute atomic E-state index is 4.19. The van der Waals surface area contributed by atoms with Gasteiger partial charge in [-0.2, -0.15) is 10.2 Å². The van der Waals surface area contributed by atoms with Crippen LogP contribution in [0.5, 0.6) is 0 Å². The van der Waals surface area contributed by atoms with E-state index in [4.69, 9.17) is 0 Å². The van der Waals surface area contributed by atoms with Crippen molar-refractivity contribution >= 4 is 0 Å². The molecule has 0 saturated heterocycles. The van der Waals surface area contributed by atoms with Crippen molar-refractivity contribution < 1.29 is 0 Å². The maximum atomic E-state index is 4.19. The summed E-state index contributed by atoms with van der Waals surface area (Å²) in [6.45, 7) is 8.43. The van der Waals surface area contributed by atoms with Gasteiger partial charge in [-0.25, -0.2) is 0 Å². The Morgan fingerprint density at radius 3 is 2.18 bits per heavy atom. The molecule has 0 aliphatic carbocycles. The molecule has 0 fully saturated rings. The van der Waals surface area contributed by atoms with Crippen molar-refractivity contribution in [1.82, 2.24) is 0 Å². The summed E-state index contributed by atoms with van der Waals surface area (Å²) in [6, 6.07) is 0.761. The summed E-state index contributed by atoms with van der Waals surface area (Å²) in [5.74, 6) is 0. The van der Waals surface area contributed by atoms with E-state index in [0.717, 1.165) is 0 Å². The van der Waals surface area contributed by atoms with Crippen LogP contribution in [-0.2, 0) is 0 Å². The molecule has 66 valence electrons. The molecule has 0 aliphatic heterocycles. The van der Waals surface area contributed by atoms with Gasteiger partial charge < -0.3 is 0 Å². The Labute approximate surface area is 70.1 Å². The van der Waals surface area contributed by atoms with Gasteiger partial charge in [0, 0.05) is 0 Å². The summed E-state index contributed by atoms with van der Waals surface area (Å²) in [4.78, 5) is 0. The lowest BCUT2D eigenvalue weighted by Gasteiger charge is -2.03. The van der Waals surface area contributed by atoms with Crippen molar-refractivity contribution in [2.75, 3.05) is 0 Å². The molecule has 11 heavy (non-hydrogen) atoms. The van der Waals surface area contributed by atoms with Crippen LogP contribution in [0.4, 0.5) is 0 Å². The first-order chi connectivity index (χ1) is 5.16. The molecule has 2 nitrogen and oxygen atoms in total. The number of hydrogen-bond acceptors (Lipinski definition) is 2. The first-order valence-electron chi connectivity index (χ1n) is 4.56. The molecule has 0 saturated carbocycles. The molecular weight excluding hydrogens is 136 g/mol. The van der Waals surface area contributed by atoms with Crippen molar-refractivity contribution in [3.05, 3.63) is 0 Å². The van der Waals surface area contributed by atoms with E-state index in [2.05, 4.69) is 37.9 Å². The predicted molar refractivity (Wildman–Crippen MR) is 49.0 cm³/mol.